The first-order valence-corrected chi connectivity index (χ1v) is 10.4. The predicted octanol–water partition coefficient (Wildman–Crippen LogP) is 4.96. The average Bonchev–Trinajstić information content (AvgIpc) is 3.44. The lowest BCUT2D eigenvalue weighted by molar-refractivity contribution is 0.0994. The van der Waals surface area contributed by atoms with Gasteiger partial charge in [0, 0.05) is 11.1 Å². The summed E-state index contributed by atoms with van der Waals surface area (Å²) in [6.07, 6.45) is 1.64. The van der Waals surface area contributed by atoms with Crippen molar-refractivity contribution in [3.05, 3.63) is 84.3 Å². The van der Waals surface area contributed by atoms with Crippen molar-refractivity contribution in [1.29, 1.82) is 0 Å². The molecule has 2 aromatic heterocycles. The van der Waals surface area contributed by atoms with Crippen LogP contribution in [0.5, 0.6) is 5.75 Å². The number of ether oxygens (including phenoxy) is 1. The highest BCUT2D eigenvalue weighted by Crippen LogP contribution is 2.30. The van der Waals surface area contributed by atoms with Gasteiger partial charge in [-0.25, -0.2) is 0 Å². The molecule has 0 bridgehead atoms. The summed E-state index contributed by atoms with van der Waals surface area (Å²) in [5.41, 5.74) is 1.56. The Balaban J connectivity index is 1.67. The van der Waals surface area contributed by atoms with Gasteiger partial charge < -0.3 is 9.15 Å². The minimum Gasteiger partial charge on any atom is -0.497 e. The first kappa shape index (κ1) is 20.0. The fraction of sp³-hybridized carbons (Fsp3) is 0.174. The van der Waals surface area contributed by atoms with Gasteiger partial charge in [-0.3, -0.25) is 9.36 Å². The zero-order valence-electron chi connectivity index (χ0n) is 16.7. The van der Waals surface area contributed by atoms with E-state index >= 15 is 0 Å². The van der Waals surface area contributed by atoms with E-state index in [-0.39, 0.29) is 11.0 Å². The number of ketones is 1. The molecule has 0 radical (unpaired) electrons. The highest BCUT2D eigenvalue weighted by atomic mass is 32.2. The van der Waals surface area contributed by atoms with Gasteiger partial charge in [-0.15, -0.1) is 10.2 Å². The molecule has 0 aliphatic heterocycles. The molecule has 0 saturated heterocycles. The number of hydrogen-bond acceptors (Lipinski definition) is 6. The maximum Gasteiger partial charge on any atom is 0.192 e. The SMILES string of the molecule is COc1cccc(-c2nnc(S[C@@H](C)C(=O)c3ccccc3)n2Cc2ccco2)c1. The Morgan fingerprint density at radius 2 is 1.93 bits per heavy atom. The van der Waals surface area contributed by atoms with Gasteiger partial charge in [-0.1, -0.05) is 54.2 Å². The molecule has 152 valence electrons. The van der Waals surface area contributed by atoms with Gasteiger partial charge >= 0.3 is 0 Å². The second-order valence-corrected chi connectivity index (χ2v) is 8.00. The molecule has 4 aromatic rings. The third kappa shape index (κ3) is 4.31. The first-order valence-electron chi connectivity index (χ1n) is 9.51. The molecule has 6 nitrogen and oxygen atoms in total. The van der Waals surface area contributed by atoms with E-state index in [0.29, 0.717) is 23.1 Å². The lowest BCUT2D eigenvalue weighted by Gasteiger charge is -2.13. The molecule has 0 aliphatic rings. The van der Waals surface area contributed by atoms with Crippen LogP contribution in [-0.4, -0.2) is 32.9 Å². The van der Waals surface area contributed by atoms with Gasteiger partial charge in [0.15, 0.2) is 16.8 Å². The number of Topliss-reactive ketones (excluding diaryl/α,β-unsaturated/α-hetero) is 1. The molecule has 0 spiro atoms. The van der Waals surface area contributed by atoms with Gasteiger partial charge in [0.05, 0.1) is 25.2 Å². The summed E-state index contributed by atoms with van der Waals surface area (Å²) >= 11 is 1.39. The number of thioether (sulfide) groups is 1. The number of carbonyl (C=O) groups excluding carboxylic acids is 1. The fourth-order valence-electron chi connectivity index (χ4n) is 3.10. The highest BCUT2D eigenvalue weighted by Gasteiger charge is 2.22. The van der Waals surface area contributed by atoms with Crippen molar-refractivity contribution >= 4 is 17.5 Å². The summed E-state index contributed by atoms with van der Waals surface area (Å²) in [4.78, 5) is 12.8. The number of furan rings is 1. The van der Waals surface area contributed by atoms with Crippen LogP contribution in [0.3, 0.4) is 0 Å². The number of aromatic nitrogens is 3. The number of benzene rings is 2. The predicted molar refractivity (Wildman–Crippen MR) is 116 cm³/mol. The average molecular weight is 420 g/mol. The summed E-state index contributed by atoms with van der Waals surface area (Å²) in [6.45, 7) is 2.35. The Morgan fingerprint density at radius 1 is 1.10 bits per heavy atom. The van der Waals surface area contributed by atoms with Crippen molar-refractivity contribution in [3.8, 4) is 17.1 Å². The third-order valence-corrected chi connectivity index (χ3v) is 5.73. The van der Waals surface area contributed by atoms with Crippen LogP contribution in [0.1, 0.15) is 23.0 Å². The molecule has 2 aromatic carbocycles. The lowest BCUT2D eigenvalue weighted by Crippen LogP contribution is -2.15. The van der Waals surface area contributed by atoms with E-state index in [1.807, 2.05) is 78.2 Å². The second-order valence-electron chi connectivity index (χ2n) is 6.69. The molecule has 30 heavy (non-hydrogen) atoms. The van der Waals surface area contributed by atoms with Crippen LogP contribution < -0.4 is 4.74 Å². The smallest absolute Gasteiger partial charge is 0.192 e. The minimum absolute atomic E-state index is 0.0519. The van der Waals surface area contributed by atoms with Gasteiger partial charge in [0.1, 0.15) is 11.5 Å². The molecule has 0 saturated carbocycles. The van der Waals surface area contributed by atoms with E-state index in [1.165, 1.54) is 11.8 Å². The monoisotopic (exact) mass is 419 g/mol. The van der Waals surface area contributed by atoms with E-state index in [9.17, 15) is 4.79 Å². The normalized spacial score (nSPS) is 11.9. The van der Waals surface area contributed by atoms with Gasteiger partial charge in [0.25, 0.3) is 0 Å². The maximum absolute atomic E-state index is 12.8. The summed E-state index contributed by atoms with van der Waals surface area (Å²) in [7, 11) is 1.63. The largest absolute Gasteiger partial charge is 0.497 e. The Labute approximate surface area is 178 Å². The number of hydrogen-bond donors (Lipinski definition) is 0. The summed E-state index contributed by atoms with van der Waals surface area (Å²) < 4.78 is 12.9. The standard InChI is InChI=1S/C23H21N3O3S/c1-16(21(27)17-8-4-3-5-9-17)30-23-25-24-22(18-10-6-11-19(14-18)28-2)26(23)15-20-12-7-13-29-20/h3-14,16H,15H2,1-2H3/t16-/m0/s1. The summed E-state index contributed by atoms with van der Waals surface area (Å²) in [5.74, 6) is 2.26. The Hall–Kier alpha value is -3.32. The van der Waals surface area contributed by atoms with E-state index in [1.54, 1.807) is 13.4 Å². The van der Waals surface area contributed by atoms with Crippen LogP contribution >= 0.6 is 11.8 Å². The summed E-state index contributed by atoms with van der Waals surface area (Å²) in [6, 6.07) is 20.7. The number of carbonyl (C=O) groups is 1. The van der Waals surface area contributed by atoms with E-state index in [4.69, 9.17) is 9.15 Å². The molecule has 0 aliphatic carbocycles. The fourth-order valence-corrected chi connectivity index (χ4v) is 4.03. The zero-order valence-corrected chi connectivity index (χ0v) is 17.5. The lowest BCUT2D eigenvalue weighted by atomic mass is 10.1. The second kappa shape index (κ2) is 9.00. The van der Waals surface area contributed by atoms with Crippen LogP contribution in [0.15, 0.2) is 82.6 Å². The van der Waals surface area contributed by atoms with Crippen LogP contribution in [-0.2, 0) is 6.54 Å². The van der Waals surface area contributed by atoms with Crippen LogP contribution in [0, 0.1) is 0 Å². The zero-order chi connectivity index (χ0) is 20.9. The molecule has 0 N–H and O–H groups in total. The van der Waals surface area contributed by atoms with Crippen molar-refractivity contribution in [1.82, 2.24) is 14.8 Å². The van der Waals surface area contributed by atoms with Gasteiger partial charge in [0.2, 0.25) is 0 Å². The number of nitrogens with zero attached hydrogens (tertiary/aromatic N) is 3. The van der Waals surface area contributed by atoms with Crippen molar-refractivity contribution in [2.75, 3.05) is 7.11 Å². The van der Waals surface area contributed by atoms with Crippen molar-refractivity contribution in [2.24, 2.45) is 0 Å². The minimum atomic E-state index is -0.315. The van der Waals surface area contributed by atoms with Gasteiger partial charge in [-0.2, -0.15) is 0 Å². The molecule has 2 heterocycles. The Kier molecular flexibility index (Phi) is 5.99. The van der Waals surface area contributed by atoms with Crippen LogP contribution in [0.2, 0.25) is 0 Å². The molecular formula is C23H21N3O3S. The summed E-state index contributed by atoms with van der Waals surface area (Å²) in [5, 5.41) is 9.14. The first-order chi connectivity index (χ1) is 14.7. The number of methoxy groups -OCH3 is 1. The molecule has 1 atom stereocenters. The van der Waals surface area contributed by atoms with E-state index in [2.05, 4.69) is 10.2 Å². The topological polar surface area (TPSA) is 70.2 Å². The molecule has 0 unspecified atom stereocenters. The molecular weight excluding hydrogens is 398 g/mol. The molecule has 7 heteroatoms. The Bertz CT molecular complexity index is 1120. The maximum atomic E-state index is 12.8. The third-order valence-electron chi connectivity index (χ3n) is 4.65. The van der Waals surface area contributed by atoms with Gasteiger partial charge in [-0.05, 0) is 31.2 Å². The van der Waals surface area contributed by atoms with E-state index in [0.717, 1.165) is 17.1 Å². The van der Waals surface area contributed by atoms with Crippen molar-refractivity contribution < 1.29 is 13.9 Å². The molecule has 4 rings (SSSR count). The van der Waals surface area contributed by atoms with Crippen molar-refractivity contribution in [3.63, 3.8) is 0 Å². The van der Waals surface area contributed by atoms with Crippen LogP contribution in [0.4, 0.5) is 0 Å². The highest BCUT2D eigenvalue weighted by molar-refractivity contribution is 8.00. The molecule has 0 fully saturated rings. The number of rotatable bonds is 8. The Morgan fingerprint density at radius 3 is 2.67 bits per heavy atom. The van der Waals surface area contributed by atoms with Crippen molar-refractivity contribution in [2.45, 2.75) is 23.9 Å². The van der Waals surface area contributed by atoms with Crippen LogP contribution in [0.25, 0.3) is 11.4 Å². The van der Waals surface area contributed by atoms with E-state index < -0.39 is 0 Å². The quantitative estimate of drug-likeness (QED) is 0.297. The molecule has 0 amide bonds.